The zero-order chi connectivity index (χ0) is 23.2. The third kappa shape index (κ3) is 5.65. The second kappa shape index (κ2) is 11.0. The number of rotatable bonds is 9. The Balaban J connectivity index is 1.63. The molecular formula is C24H25BrN4O3S. The van der Waals surface area contributed by atoms with Gasteiger partial charge in [0.25, 0.3) is 0 Å². The van der Waals surface area contributed by atoms with E-state index >= 15 is 0 Å². The van der Waals surface area contributed by atoms with Gasteiger partial charge < -0.3 is 14.8 Å². The van der Waals surface area contributed by atoms with Crippen molar-refractivity contribution >= 4 is 39.2 Å². The van der Waals surface area contributed by atoms with Gasteiger partial charge in [-0.1, -0.05) is 53.9 Å². The average Bonchev–Trinajstić information content (AvgIpc) is 3.00. The summed E-state index contributed by atoms with van der Waals surface area (Å²) >= 11 is 5.06. The number of carbonyl (C=O) groups is 1. The monoisotopic (exact) mass is 528 g/mol. The minimum atomic E-state index is -0.960. The van der Waals surface area contributed by atoms with Crippen LogP contribution in [0.25, 0.3) is 11.3 Å². The fourth-order valence-corrected chi connectivity index (χ4v) is 4.59. The third-order valence-electron chi connectivity index (χ3n) is 5.23. The van der Waals surface area contributed by atoms with Crippen LogP contribution in [0.3, 0.4) is 0 Å². The van der Waals surface area contributed by atoms with E-state index in [2.05, 4.69) is 43.4 Å². The van der Waals surface area contributed by atoms with Crippen LogP contribution >= 0.6 is 27.7 Å². The zero-order valence-corrected chi connectivity index (χ0v) is 20.9. The molecular weight excluding hydrogens is 504 g/mol. The summed E-state index contributed by atoms with van der Waals surface area (Å²) in [4.78, 5) is 17.9. The van der Waals surface area contributed by atoms with E-state index in [9.17, 15) is 4.79 Å². The summed E-state index contributed by atoms with van der Waals surface area (Å²) in [6, 6.07) is 12.6. The van der Waals surface area contributed by atoms with Gasteiger partial charge in [0, 0.05) is 27.0 Å². The Kier molecular flexibility index (Phi) is 7.82. The highest BCUT2D eigenvalue weighted by atomic mass is 79.9. The van der Waals surface area contributed by atoms with Crippen LogP contribution in [0.5, 0.6) is 11.6 Å². The van der Waals surface area contributed by atoms with Crippen LogP contribution in [0.2, 0.25) is 0 Å². The molecule has 1 aromatic heterocycles. The highest BCUT2D eigenvalue weighted by Crippen LogP contribution is 2.38. The number of nitrogens with zero attached hydrogens (tertiary/aromatic N) is 3. The number of methoxy groups -OCH3 is 1. The summed E-state index contributed by atoms with van der Waals surface area (Å²) in [5.74, 6) is 1.66. The van der Waals surface area contributed by atoms with Crippen molar-refractivity contribution < 1.29 is 14.3 Å². The van der Waals surface area contributed by atoms with Crippen molar-refractivity contribution in [2.75, 3.05) is 18.2 Å². The molecule has 0 bridgehead atoms. The molecule has 9 heteroatoms. The van der Waals surface area contributed by atoms with Gasteiger partial charge in [-0.25, -0.2) is 0 Å². The van der Waals surface area contributed by atoms with Crippen molar-refractivity contribution in [3.05, 3.63) is 52.5 Å². The number of unbranched alkanes of at least 4 members (excludes halogenated alkanes) is 3. The first-order chi connectivity index (χ1) is 16.1. The lowest BCUT2D eigenvalue weighted by Gasteiger charge is -2.18. The van der Waals surface area contributed by atoms with Crippen molar-refractivity contribution in [2.24, 2.45) is 0 Å². The SMILES string of the molecule is CCCCCCSc1nnc2c(n1)O[C@@H](C(=O)c1ccc(OC)cc1)Nc1ccc(Br)cc1-2. The Hall–Kier alpha value is -2.65. The van der Waals surface area contributed by atoms with E-state index < -0.39 is 6.23 Å². The number of halogens is 1. The number of carbonyl (C=O) groups excluding carboxylic acids is 1. The van der Waals surface area contributed by atoms with E-state index in [1.807, 2.05) is 18.2 Å². The van der Waals surface area contributed by atoms with E-state index in [4.69, 9.17) is 9.47 Å². The zero-order valence-electron chi connectivity index (χ0n) is 18.5. The van der Waals surface area contributed by atoms with Crippen LogP contribution in [0.15, 0.2) is 52.1 Å². The lowest BCUT2D eigenvalue weighted by atomic mass is 10.1. The Morgan fingerprint density at radius 1 is 1.15 bits per heavy atom. The predicted molar refractivity (Wildman–Crippen MR) is 133 cm³/mol. The van der Waals surface area contributed by atoms with E-state index in [0.29, 0.717) is 22.2 Å². The maximum atomic E-state index is 13.3. The van der Waals surface area contributed by atoms with Gasteiger partial charge in [-0.3, -0.25) is 4.79 Å². The molecule has 1 aliphatic rings. The van der Waals surface area contributed by atoms with Gasteiger partial charge in [-0.2, -0.15) is 4.98 Å². The van der Waals surface area contributed by atoms with Crippen LogP contribution in [0.1, 0.15) is 43.0 Å². The van der Waals surface area contributed by atoms with Crippen molar-refractivity contribution in [3.8, 4) is 22.9 Å². The average molecular weight is 529 g/mol. The summed E-state index contributed by atoms with van der Waals surface area (Å²) < 4.78 is 12.2. The van der Waals surface area contributed by atoms with Crippen LogP contribution in [0, 0.1) is 0 Å². The number of thioether (sulfide) groups is 1. The van der Waals surface area contributed by atoms with Crippen LogP contribution < -0.4 is 14.8 Å². The highest BCUT2D eigenvalue weighted by Gasteiger charge is 2.30. The maximum Gasteiger partial charge on any atom is 0.247 e. The molecule has 0 saturated heterocycles. The molecule has 2 heterocycles. The van der Waals surface area contributed by atoms with Gasteiger partial charge in [0.15, 0.2) is 5.69 Å². The molecule has 0 amide bonds. The standard InChI is InChI=1S/C24H25BrN4O3S/c1-3-4-5-6-13-33-24-27-22-20(28-29-24)18-14-16(25)9-12-19(18)26-23(32-22)21(30)15-7-10-17(31-2)11-8-15/h7-12,14,23,26H,3-6,13H2,1-2H3/t23-/m0/s1. The predicted octanol–water partition coefficient (Wildman–Crippen LogP) is 6.00. The number of benzene rings is 2. The Labute approximate surface area is 205 Å². The second-order valence-electron chi connectivity index (χ2n) is 7.58. The number of hydrogen-bond donors (Lipinski definition) is 1. The number of ketones is 1. The Morgan fingerprint density at radius 3 is 2.73 bits per heavy atom. The van der Waals surface area contributed by atoms with Crippen molar-refractivity contribution in [2.45, 2.75) is 44.0 Å². The molecule has 1 aliphatic heterocycles. The normalized spacial score (nSPS) is 14.3. The van der Waals surface area contributed by atoms with Gasteiger partial charge in [-0.05, 0) is 48.9 Å². The topological polar surface area (TPSA) is 86.2 Å². The van der Waals surface area contributed by atoms with Gasteiger partial charge in [0.1, 0.15) is 5.75 Å². The van der Waals surface area contributed by atoms with Crippen LogP contribution in [-0.2, 0) is 0 Å². The lowest BCUT2D eigenvalue weighted by Crippen LogP contribution is -2.35. The molecule has 7 nitrogen and oxygen atoms in total. The molecule has 0 spiro atoms. The van der Waals surface area contributed by atoms with Crippen LogP contribution in [-0.4, -0.2) is 40.1 Å². The molecule has 0 saturated carbocycles. The smallest absolute Gasteiger partial charge is 0.247 e. The van der Waals surface area contributed by atoms with Crippen LogP contribution in [0.4, 0.5) is 5.69 Å². The first-order valence-corrected chi connectivity index (χ1v) is 12.7. The molecule has 172 valence electrons. The molecule has 33 heavy (non-hydrogen) atoms. The summed E-state index contributed by atoms with van der Waals surface area (Å²) in [5.41, 5.74) is 2.49. The second-order valence-corrected chi connectivity index (χ2v) is 9.56. The molecule has 4 rings (SSSR count). The van der Waals surface area contributed by atoms with E-state index in [0.717, 1.165) is 27.9 Å². The first-order valence-electron chi connectivity index (χ1n) is 10.9. The number of Topliss-reactive ketones (excluding diaryl/α,β-unsaturated/α-hetero) is 1. The van der Waals surface area contributed by atoms with E-state index in [-0.39, 0.29) is 11.7 Å². The quantitative estimate of drug-likeness (QED) is 0.205. The van der Waals surface area contributed by atoms with Crippen molar-refractivity contribution in [1.82, 2.24) is 15.2 Å². The number of aromatic nitrogens is 3. The minimum Gasteiger partial charge on any atom is -0.497 e. The van der Waals surface area contributed by atoms with Gasteiger partial charge >= 0.3 is 0 Å². The lowest BCUT2D eigenvalue weighted by molar-refractivity contribution is 0.0823. The largest absolute Gasteiger partial charge is 0.497 e. The fourth-order valence-electron chi connectivity index (χ4n) is 3.45. The third-order valence-corrected chi connectivity index (χ3v) is 6.65. The first kappa shape index (κ1) is 23.5. The summed E-state index contributed by atoms with van der Waals surface area (Å²) in [5, 5.41) is 12.5. The molecule has 2 aromatic carbocycles. The Morgan fingerprint density at radius 2 is 1.97 bits per heavy atom. The molecule has 3 aromatic rings. The number of anilines is 1. The number of nitrogens with one attached hydrogen (secondary N) is 1. The van der Waals surface area contributed by atoms with E-state index in [1.165, 1.54) is 19.3 Å². The summed E-state index contributed by atoms with van der Waals surface area (Å²) in [6.45, 7) is 2.19. The molecule has 1 atom stereocenters. The minimum absolute atomic E-state index is 0.216. The molecule has 1 N–H and O–H groups in total. The fraction of sp³-hybridized carbons (Fsp3) is 0.333. The maximum absolute atomic E-state index is 13.3. The molecule has 0 aliphatic carbocycles. The van der Waals surface area contributed by atoms with Gasteiger partial charge in [-0.15, -0.1) is 10.2 Å². The Bertz CT molecular complexity index is 1130. The number of ether oxygens (including phenoxy) is 2. The highest BCUT2D eigenvalue weighted by molar-refractivity contribution is 9.10. The van der Waals surface area contributed by atoms with Crippen molar-refractivity contribution in [3.63, 3.8) is 0 Å². The molecule has 0 unspecified atom stereocenters. The van der Waals surface area contributed by atoms with E-state index in [1.54, 1.807) is 43.1 Å². The van der Waals surface area contributed by atoms with Gasteiger partial charge in [0.2, 0.25) is 23.0 Å². The van der Waals surface area contributed by atoms with Crippen molar-refractivity contribution in [1.29, 1.82) is 0 Å². The molecule has 0 radical (unpaired) electrons. The number of fused-ring (bicyclic) bond motifs is 3. The summed E-state index contributed by atoms with van der Waals surface area (Å²) in [7, 11) is 1.59. The summed E-state index contributed by atoms with van der Waals surface area (Å²) in [6.07, 6.45) is 3.73. The van der Waals surface area contributed by atoms with Gasteiger partial charge in [0.05, 0.1) is 7.11 Å². The number of hydrogen-bond acceptors (Lipinski definition) is 8. The molecule has 0 fully saturated rings.